The fraction of sp³-hybridized carbons (Fsp3) is 0.370. The van der Waals surface area contributed by atoms with E-state index in [1.165, 1.54) is 0 Å². The van der Waals surface area contributed by atoms with Gasteiger partial charge in [-0.05, 0) is 31.5 Å². The van der Waals surface area contributed by atoms with Crippen molar-refractivity contribution in [3.05, 3.63) is 51.8 Å². The molecule has 12 nitrogen and oxygen atoms in total. The number of amides is 3. The number of fused-ring (bicyclic) bond motifs is 5. The van der Waals surface area contributed by atoms with Gasteiger partial charge in [0.1, 0.15) is 16.0 Å². The number of hydrogen-bond donors (Lipinski definition) is 2. The van der Waals surface area contributed by atoms with Crippen molar-refractivity contribution in [3.8, 4) is 6.07 Å². The van der Waals surface area contributed by atoms with Crippen molar-refractivity contribution in [1.29, 1.82) is 5.26 Å². The molecule has 2 aromatic heterocycles. The van der Waals surface area contributed by atoms with E-state index in [9.17, 15) is 19.2 Å². The zero-order valence-corrected chi connectivity index (χ0v) is 22.2. The number of nitriles is 1. The Balaban J connectivity index is 1.42. The summed E-state index contributed by atoms with van der Waals surface area (Å²) in [6, 6.07) is 8.04. The Morgan fingerprint density at radius 1 is 1.27 bits per heavy atom. The Kier molecular flexibility index (Phi) is 6.08. The molecule has 5 heterocycles. The molecule has 204 valence electrons. The summed E-state index contributed by atoms with van der Waals surface area (Å²) in [7, 11) is 0. The molecule has 1 spiro atoms. The standard InChI is InChI=1S/C27H23ClN6O6/c1-12-11-34-22-16(8-27(24(34)13(2)39-12)17(35)7-18(36)32-26(27)38)31-20-21(33-40-23(20)19(22)28)25(37)30-10-15-5-3-14(9-29)4-6-15/h3-6,12-13,24H,7-8,10-11H2,1-2H3,(H,30,37)(H,32,36,38)/t12-,13+,24-,27?/m1/s1. The second kappa shape index (κ2) is 9.39. The van der Waals surface area contributed by atoms with Gasteiger partial charge in [-0.25, -0.2) is 4.98 Å². The van der Waals surface area contributed by atoms with Gasteiger partial charge in [-0.1, -0.05) is 28.9 Å². The third-order valence-electron chi connectivity index (χ3n) is 7.74. The molecule has 0 bridgehead atoms. The highest BCUT2D eigenvalue weighted by molar-refractivity contribution is 6.38. The Labute approximate surface area is 232 Å². The van der Waals surface area contributed by atoms with Crippen molar-refractivity contribution in [2.24, 2.45) is 5.41 Å². The summed E-state index contributed by atoms with van der Waals surface area (Å²) in [5.74, 6) is -2.45. The monoisotopic (exact) mass is 562 g/mol. The van der Waals surface area contributed by atoms with E-state index in [4.69, 9.17) is 26.1 Å². The van der Waals surface area contributed by atoms with Crippen LogP contribution in [0.15, 0.2) is 28.8 Å². The molecular weight excluding hydrogens is 540 g/mol. The number of aromatic nitrogens is 2. The highest BCUT2D eigenvalue weighted by Gasteiger charge is 2.63. The number of piperidine rings is 1. The number of halogens is 1. The van der Waals surface area contributed by atoms with E-state index in [1.54, 1.807) is 31.2 Å². The number of nitrogens with zero attached hydrogens (tertiary/aromatic N) is 4. The van der Waals surface area contributed by atoms with E-state index in [0.29, 0.717) is 23.5 Å². The number of carbonyl (C=O) groups is 4. The fourth-order valence-electron chi connectivity index (χ4n) is 6.07. The molecule has 40 heavy (non-hydrogen) atoms. The lowest BCUT2D eigenvalue weighted by atomic mass is 9.64. The average molecular weight is 563 g/mol. The van der Waals surface area contributed by atoms with Crippen LogP contribution in [0.3, 0.4) is 0 Å². The topological polar surface area (TPSA) is 168 Å². The van der Waals surface area contributed by atoms with Gasteiger partial charge in [-0.15, -0.1) is 0 Å². The molecule has 2 N–H and O–H groups in total. The van der Waals surface area contributed by atoms with Crippen molar-refractivity contribution >= 4 is 51.9 Å². The number of morpholine rings is 1. The lowest BCUT2D eigenvalue weighted by Crippen LogP contribution is -2.72. The van der Waals surface area contributed by atoms with Gasteiger partial charge in [-0.2, -0.15) is 5.26 Å². The predicted molar refractivity (Wildman–Crippen MR) is 139 cm³/mol. The second-order valence-corrected chi connectivity index (χ2v) is 10.7. The largest absolute Gasteiger partial charge is 0.372 e. The molecule has 3 amide bonds. The van der Waals surface area contributed by atoms with E-state index in [1.807, 2.05) is 17.9 Å². The molecule has 0 radical (unpaired) electrons. The van der Waals surface area contributed by atoms with Crippen LogP contribution in [0.5, 0.6) is 0 Å². The second-order valence-electron chi connectivity index (χ2n) is 10.3. The Bertz CT molecular complexity index is 1620. The van der Waals surface area contributed by atoms with Crippen LogP contribution in [-0.4, -0.2) is 58.4 Å². The maximum absolute atomic E-state index is 13.5. The van der Waals surface area contributed by atoms with Gasteiger partial charge in [0.15, 0.2) is 11.5 Å². The minimum atomic E-state index is -1.64. The van der Waals surface area contributed by atoms with Gasteiger partial charge in [-0.3, -0.25) is 24.5 Å². The molecule has 4 atom stereocenters. The minimum Gasteiger partial charge on any atom is -0.372 e. The van der Waals surface area contributed by atoms with Crippen LogP contribution in [0, 0.1) is 16.7 Å². The molecule has 3 aliphatic heterocycles. The number of ether oxygens (including phenoxy) is 1. The van der Waals surface area contributed by atoms with E-state index in [0.717, 1.165) is 5.56 Å². The highest BCUT2D eigenvalue weighted by Crippen LogP contribution is 2.50. The number of benzene rings is 1. The SMILES string of the molecule is C[C@@H]1CN2c3c(nc4c(C(=O)NCc5ccc(C#N)cc5)noc4c3Cl)CC3(C(=O)CC(=O)NC3=O)[C@H]2[C@H](C)O1. The Morgan fingerprint density at radius 3 is 2.73 bits per heavy atom. The first-order valence-electron chi connectivity index (χ1n) is 12.7. The predicted octanol–water partition coefficient (Wildman–Crippen LogP) is 1.82. The summed E-state index contributed by atoms with van der Waals surface area (Å²) in [6.45, 7) is 4.11. The first-order chi connectivity index (χ1) is 19.1. The van der Waals surface area contributed by atoms with Gasteiger partial charge in [0.25, 0.3) is 5.91 Å². The third kappa shape index (κ3) is 3.84. The highest BCUT2D eigenvalue weighted by atomic mass is 35.5. The molecule has 1 unspecified atom stereocenters. The summed E-state index contributed by atoms with van der Waals surface area (Å²) >= 11 is 6.86. The van der Waals surface area contributed by atoms with Crippen molar-refractivity contribution in [2.75, 3.05) is 11.4 Å². The summed E-state index contributed by atoms with van der Waals surface area (Å²) in [4.78, 5) is 58.5. The van der Waals surface area contributed by atoms with Crippen LogP contribution in [0.4, 0.5) is 5.69 Å². The number of imide groups is 1. The number of Topliss-reactive ketones (excluding diaryl/α,β-unsaturated/α-hetero) is 1. The van der Waals surface area contributed by atoms with E-state index in [-0.39, 0.29) is 40.9 Å². The zero-order chi connectivity index (χ0) is 28.3. The maximum Gasteiger partial charge on any atom is 0.276 e. The molecule has 3 aromatic rings. The van der Waals surface area contributed by atoms with E-state index in [2.05, 4.69) is 20.8 Å². The first kappa shape index (κ1) is 25.9. The summed E-state index contributed by atoms with van der Waals surface area (Å²) in [6.07, 6.45) is -1.40. The lowest BCUT2D eigenvalue weighted by Gasteiger charge is -2.55. The first-order valence-corrected chi connectivity index (χ1v) is 13.1. The number of pyridine rings is 1. The summed E-state index contributed by atoms with van der Waals surface area (Å²) < 4.78 is 11.5. The van der Waals surface area contributed by atoms with Crippen LogP contribution in [0.2, 0.25) is 5.02 Å². The van der Waals surface area contributed by atoms with Crippen LogP contribution in [-0.2, 0) is 32.1 Å². The van der Waals surface area contributed by atoms with Gasteiger partial charge in [0.2, 0.25) is 17.4 Å². The molecule has 6 rings (SSSR count). The van der Waals surface area contributed by atoms with Crippen LogP contribution >= 0.6 is 11.6 Å². The van der Waals surface area contributed by atoms with Crippen LogP contribution < -0.4 is 15.5 Å². The van der Waals surface area contributed by atoms with Crippen molar-refractivity contribution in [3.63, 3.8) is 0 Å². The molecule has 13 heteroatoms. The molecule has 3 aliphatic rings. The number of carbonyl (C=O) groups excluding carboxylic acids is 4. The quantitative estimate of drug-likeness (QED) is 0.355. The number of nitrogens with one attached hydrogen (secondary N) is 2. The van der Waals surface area contributed by atoms with Crippen LogP contribution in [0.1, 0.15) is 47.6 Å². The minimum absolute atomic E-state index is 0.0868. The number of ketones is 1. The Morgan fingerprint density at radius 2 is 2.02 bits per heavy atom. The summed E-state index contributed by atoms with van der Waals surface area (Å²) in [5.41, 5.74) is 0.497. The van der Waals surface area contributed by atoms with Gasteiger partial charge in [0.05, 0.1) is 47.7 Å². The van der Waals surface area contributed by atoms with Crippen molar-refractivity contribution in [1.82, 2.24) is 20.8 Å². The number of hydrogen-bond acceptors (Lipinski definition) is 10. The normalized spacial score (nSPS) is 25.8. The number of rotatable bonds is 3. The van der Waals surface area contributed by atoms with E-state index < -0.39 is 47.5 Å². The van der Waals surface area contributed by atoms with E-state index >= 15 is 0 Å². The molecule has 0 aliphatic carbocycles. The van der Waals surface area contributed by atoms with Crippen LogP contribution in [0.25, 0.3) is 11.1 Å². The molecular formula is C27H23ClN6O6. The van der Waals surface area contributed by atoms with Crippen molar-refractivity contribution in [2.45, 2.75) is 51.5 Å². The molecule has 1 aromatic carbocycles. The smallest absolute Gasteiger partial charge is 0.276 e. The fourth-order valence-corrected chi connectivity index (χ4v) is 6.41. The average Bonchev–Trinajstić information content (AvgIpc) is 3.34. The maximum atomic E-state index is 13.5. The van der Waals surface area contributed by atoms with Gasteiger partial charge < -0.3 is 19.5 Å². The van der Waals surface area contributed by atoms with Crippen molar-refractivity contribution < 1.29 is 28.4 Å². The van der Waals surface area contributed by atoms with Gasteiger partial charge >= 0.3 is 0 Å². The molecule has 2 saturated heterocycles. The zero-order valence-electron chi connectivity index (χ0n) is 21.5. The molecule has 2 fully saturated rings. The third-order valence-corrected chi connectivity index (χ3v) is 8.09. The summed E-state index contributed by atoms with van der Waals surface area (Å²) in [5, 5.41) is 18.1. The number of anilines is 1. The lowest BCUT2D eigenvalue weighted by molar-refractivity contribution is -0.158. The molecule has 0 saturated carbocycles. The Hall–Kier alpha value is -4.34. The van der Waals surface area contributed by atoms with Gasteiger partial charge in [0, 0.05) is 19.5 Å².